The van der Waals surface area contributed by atoms with Crippen molar-refractivity contribution < 1.29 is 14.3 Å². The minimum absolute atomic E-state index is 0.0681. The van der Waals surface area contributed by atoms with Gasteiger partial charge in [0.15, 0.2) is 5.78 Å². The Bertz CT molecular complexity index is 1120. The molecule has 0 atom stereocenters. The quantitative estimate of drug-likeness (QED) is 0.524. The van der Waals surface area contributed by atoms with Crippen molar-refractivity contribution >= 4 is 29.0 Å². The minimum atomic E-state index is -0.259. The van der Waals surface area contributed by atoms with E-state index in [1.165, 1.54) is 0 Å². The number of ether oxygens (including phenoxy) is 1. The average molecular weight is 420 g/mol. The van der Waals surface area contributed by atoms with E-state index in [0.717, 1.165) is 5.56 Å². The number of nitrogens with one attached hydrogen (secondary N) is 1. The lowest BCUT2D eigenvalue weighted by Crippen LogP contribution is -2.14. The van der Waals surface area contributed by atoms with Gasteiger partial charge in [-0.2, -0.15) is 5.26 Å². The lowest BCUT2D eigenvalue weighted by Gasteiger charge is -2.11. The number of benzene rings is 2. The first-order valence-electron chi connectivity index (χ1n) is 9.18. The number of Topliss-reactive ketones (excluding diaryl/α,β-unsaturated/α-hetero) is 1. The summed E-state index contributed by atoms with van der Waals surface area (Å²) in [6, 6.07) is 17.0. The molecule has 0 fully saturated rings. The average Bonchev–Trinajstić information content (AvgIpc) is 2.75. The number of hydrogen-bond acceptors (Lipinski definition) is 5. The Labute approximate surface area is 179 Å². The van der Waals surface area contributed by atoms with E-state index >= 15 is 0 Å². The van der Waals surface area contributed by atoms with E-state index in [2.05, 4.69) is 10.3 Å². The van der Waals surface area contributed by atoms with E-state index < -0.39 is 0 Å². The fraction of sp³-hybridized carbons (Fsp3) is 0.130. The van der Waals surface area contributed by atoms with Crippen LogP contribution >= 0.6 is 11.6 Å². The highest BCUT2D eigenvalue weighted by atomic mass is 35.5. The summed E-state index contributed by atoms with van der Waals surface area (Å²) in [4.78, 5) is 28.5. The van der Waals surface area contributed by atoms with Crippen molar-refractivity contribution in [1.29, 1.82) is 5.26 Å². The summed E-state index contributed by atoms with van der Waals surface area (Å²) < 4.78 is 5.68. The second-order valence-corrected chi connectivity index (χ2v) is 6.96. The number of hydrogen-bond donors (Lipinski definition) is 1. The van der Waals surface area contributed by atoms with E-state index in [0.29, 0.717) is 27.6 Å². The molecule has 0 radical (unpaired) electrons. The number of pyridine rings is 1. The number of anilines is 1. The highest BCUT2D eigenvalue weighted by Crippen LogP contribution is 2.27. The van der Waals surface area contributed by atoms with Crippen LogP contribution < -0.4 is 10.1 Å². The van der Waals surface area contributed by atoms with E-state index in [1.54, 1.807) is 60.8 Å². The van der Waals surface area contributed by atoms with Crippen LogP contribution in [-0.4, -0.2) is 16.7 Å². The van der Waals surface area contributed by atoms with Crippen LogP contribution in [0.5, 0.6) is 11.6 Å². The Morgan fingerprint density at radius 3 is 2.60 bits per heavy atom. The maximum Gasteiger partial charge on any atom is 0.237 e. The maximum absolute atomic E-state index is 12.3. The fourth-order valence-corrected chi connectivity index (χ4v) is 2.85. The summed E-state index contributed by atoms with van der Waals surface area (Å²) in [6.07, 6.45) is 1.71. The molecule has 3 aromatic rings. The largest absolute Gasteiger partial charge is 0.438 e. The van der Waals surface area contributed by atoms with E-state index in [9.17, 15) is 9.59 Å². The maximum atomic E-state index is 12.3. The first kappa shape index (κ1) is 21.0. The molecule has 1 aromatic heterocycles. The van der Waals surface area contributed by atoms with Gasteiger partial charge in [-0.05, 0) is 67.1 Å². The third-order valence-electron chi connectivity index (χ3n) is 4.32. The third kappa shape index (κ3) is 5.43. The lowest BCUT2D eigenvalue weighted by molar-refractivity contribution is -0.116. The van der Waals surface area contributed by atoms with Crippen LogP contribution in [-0.2, 0) is 4.79 Å². The van der Waals surface area contributed by atoms with Gasteiger partial charge in [-0.1, -0.05) is 11.6 Å². The first-order chi connectivity index (χ1) is 14.5. The van der Waals surface area contributed by atoms with Crippen LogP contribution in [0.4, 0.5) is 5.69 Å². The number of carbonyl (C=O) groups excluding carboxylic acids is 2. The molecule has 0 aliphatic carbocycles. The normalized spacial score (nSPS) is 10.2. The van der Waals surface area contributed by atoms with E-state index in [4.69, 9.17) is 21.6 Å². The molecule has 0 unspecified atom stereocenters. The van der Waals surface area contributed by atoms with Gasteiger partial charge in [0.25, 0.3) is 0 Å². The number of halogens is 1. The van der Waals surface area contributed by atoms with Gasteiger partial charge >= 0.3 is 0 Å². The zero-order valence-electron chi connectivity index (χ0n) is 16.2. The summed E-state index contributed by atoms with van der Waals surface area (Å²) in [5.74, 6) is 0.340. The zero-order valence-corrected chi connectivity index (χ0v) is 16.9. The Morgan fingerprint density at radius 1 is 1.13 bits per heavy atom. The molecule has 2 aromatic carbocycles. The van der Waals surface area contributed by atoms with Crippen LogP contribution in [0.1, 0.15) is 34.3 Å². The minimum Gasteiger partial charge on any atom is -0.438 e. The predicted octanol–water partition coefficient (Wildman–Crippen LogP) is 5.31. The SMILES string of the molecule is Cc1cc(Oc2ncccc2C#N)ccc1NC(=O)CCC(=O)c1ccc(Cl)cc1. The smallest absolute Gasteiger partial charge is 0.237 e. The second kappa shape index (κ2) is 9.68. The van der Waals surface area contributed by atoms with Gasteiger partial charge in [-0.15, -0.1) is 0 Å². The number of aromatic nitrogens is 1. The summed E-state index contributed by atoms with van der Waals surface area (Å²) >= 11 is 5.82. The van der Waals surface area contributed by atoms with Gasteiger partial charge in [0, 0.05) is 35.3 Å². The molecule has 150 valence electrons. The Balaban J connectivity index is 1.58. The molecule has 0 aliphatic heterocycles. The molecule has 3 rings (SSSR count). The lowest BCUT2D eigenvalue weighted by atomic mass is 10.1. The monoisotopic (exact) mass is 419 g/mol. The molecule has 0 bridgehead atoms. The molecule has 30 heavy (non-hydrogen) atoms. The molecule has 7 heteroatoms. The Hall–Kier alpha value is -3.69. The number of rotatable bonds is 7. The standard InChI is InChI=1S/C23H18ClN3O3/c1-15-13-19(30-23-17(14-25)3-2-12-26-23)8-9-20(15)27-22(29)11-10-21(28)16-4-6-18(24)7-5-16/h2-9,12-13H,10-11H2,1H3,(H,27,29). The Morgan fingerprint density at radius 2 is 1.90 bits per heavy atom. The van der Waals surface area contributed by atoms with Crippen molar-refractivity contribution in [2.75, 3.05) is 5.32 Å². The molecule has 1 N–H and O–H groups in total. The van der Waals surface area contributed by atoms with Crippen molar-refractivity contribution in [1.82, 2.24) is 4.98 Å². The van der Waals surface area contributed by atoms with E-state index in [1.807, 2.05) is 13.0 Å². The summed E-state index contributed by atoms with van der Waals surface area (Å²) in [7, 11) is 0. The van der Waals surface area contributed by atoms with Gasteiger partial charge in [-0.25, -0.2) is 4.98 Å². The molecule has 0 saturated heterocycles. The van der Waals surface area contributed by atoms with Crippen molar-refractivity contribution in [3.05, 3.63) is 82.5 Å². The summed E-state index contributed by atoms with van der Waals surface area (Å²) in [5, 5.41) is 12.5. The molecule has 0 saturated carbocycles. The van der Waals surface area contributed by atoms with Gasteiger partial charge in [0.1, 0.15) is 17.4 Å². The van der Waals surface area contributed by atoms with Crippen LogP contribution in [0, 0.1) is 18.3 Å². The fourth-order valence-electron chi connectivity index (χ4n) is 2.73. The third-order valence-corrected chi connectivity index (χ3v) is 4.58. The van der Waals surface area contributed by atoms with Gasteiger partial charge in [-0.3, -0.25) is 9.59 Å². The second-order valence-electron chi connectivity index (χ2n) is 6.52. The molecular weight excluding hydrogens is 402 g/mol. The van der Waals surface area contributed by atoms with Crippen LogP contribution in [0.15, 0.2) is 60.8 Å². The number of nitrogens with zero attached hydrogens (tertiary/aromatic N) is 2. The van der Waals surface area contributed by atoms with Crippen LogP contribution in [0.25, 0.3) is 0 Å². The zero-order chi connectivity index (χ0) is 21.5. The van der Waals surface area contributed by atoms with Crippen LogP contribution in [0.3, 0.4) is 0 Å². The molecule has 0 aliphatic rings. The number of amides is 1. The van der Waals surface area contributed by atoms with Gasteiger partial charge in [0.05, 0.1) is 0 Å². The molecule has 1 amide bonds. The van der Waals surface area contributed by atoms with Gasteiger partial charge < -0.3 is 10.1 Å². The van der Waals surface area contributed by atoms with E-state index in [-0.39, 0.29) is 30.4 Å². The summed E-state index contributed by atoms with van der Waals surface area (Å²) in [5.41, 5.74) is 2.25. The molecular formula is C23H18ClN3O3. The topological polar surface area (TPSA) is 92.1 Å². The Kier molecular flexibility index (Phi) is 6.79. The van der Waals surface area contributed by atoms with Crippen molar-refractivity contribution in [2.24, 2.45) is 0 Å². The number of aryl methyl sites for hydroxylation is 1. The highest BCUT2D eigenvalue weighted by molar-refractivity contribution is 6.30. The molecule has 0 spiro atoms. The van der Waals surface area contributed by atoms with Gasteiger partial charge in [0.2, 0.25) is 11.8 Å². The van der Waals surface area contributed by atoms with Crippen molar-refractivity contribution in [3.63, 3.8) is 0 Å². The first-order valence-corrected chi connectivity index (χ1v) is 9.56. The van der Waals surface area contributed by atoms with Crippen molar-refractivity contribution in [3.8, 4) is 17.7 Å². The number of nitriles is 1. The number of ketones is 1. The summed E-state index contributed by atoms with van der Waals surface area (Å²) in [6.45, 7) is 1.82. The van der Waals surface area contributed by atoms with Crippen LogP contribution in [0.2, 0.25) is 5.02 Å². The number of carbonyl (C=O) groups is 2. The predicted molar refractivity (Wildman–Crippen MR) is 114 cm³/mol. The highest BCUT2D eigenvalue weighted by Gasteiger charge is 2.12. The molecule has 1 heterocycles. The molecule has 6 nitrogen and oxygen atoms in total. The van der Waals surface area contributed by atoms with Crippen molar-refractivity contribution in [2.45, 2.75) is 19.8 Å².